The monoisotopic (exact) mass is 522 g/mol. The Hall–Kier alpha value is -3.26. The Labute approximate surface area is 218 Å². The second kappa shape index (κ2) is 10.8. The number of aromatic nitrogens is 4. The standard InChI is InChI=1S/C27H24Cl2N4O3/c1-17(27-22(28)14-30-15-23(27)29)36-20-8-10-25-21(12-20)24(32-33(25)26-4-2-3-11-35-26)9-6-18-5-7-19(16-34)31-13-18/h5-10,12-17,26H,2-4,11H2,1H3/b9-6+/t17-,26?/m1/s1. The summed E-state index contributed by atoms with van der Waals surface area (Å²) in [6, 6.07) is 9.40. The first kappa shape index (κ1) is 24.4. The van der Waals surface area contributed by atoms with Gasteiger partial charge in [0.25, 0.3) is 0 Å². The number of rotatable bonds is 7. The Balaban J connectivity index is 1.51. The Morgan fingerprint density at radius 3 is 2.64 bits per heavy atom. The molecule has 2 atom stereocenters. The molecule has 1 saturated heterocycles. The van der Waals surface area contributed by atoms with E-state index in [2.05, 4.69) is 9.97 Å². The number of hydrogen-bond acceptors (Lipinski definition) is 6. The molecule has 1 fully saturated rings. The molecule has 4 heterocycles. The molecule has 0 N–H and O–H groups in total. The number of benzene rings is 1. The van der Waals surface area contributed by atoms with Gasteiger partial charge >= 0.3 is 0 Å². The number of halogens is 2. The van der Waals surface area contributed by atoms with Gasteiger partial charge in [0.1, 0.15) is 17.5 Å². The molecule has 0 amide bonds. The van der Waals surface area contributed by atoms with Crippen LogP contribution in [0, 0.1) is 0 Å². The first-order valence-corrected chi connectivity index (χ1v) is 12.5. The fourth-order valence-corrected chi connectivity index (χ4v) is 4.98. The second-order valence-electron chi connectivity index (χ2n) is 8.57. The Morgan fingerprint density at radius 1 is 1.11 bits per heavy atom. The van der Waals surface area contributed by atoms with Crippen molar-refractivity contribution in [2.45, 2.75) is 38.5 Å². The number of fused-ring (bicyclic) bond motifs is 1. The zero-order valence-corrected chi connectivity index (χ0v) is 21.1. The fourth-order valence-electron chi connectivity index (χ4n) is 4.31. The maximum atomic E-state index is 10.9. The second-order valence-corrected chi connectivity index (χ2v) is 9.39. The lowest BCUT2D eigenvalue weighted by atomic mass is 10.1. The van der Waals surface area contributed by atoms with Gasteiger partial charge in [-0.2, -0.15) is 5.10 Å². The van der Waals surface area contributed by atoms with Gasteiger partial charge in [-0.05, 0) is 62.1 Å². The minimum absolute atomic E-state index is 0.114. The van der Waals surface area contributed by atoms with Gasteiger partial charge in [0.2, 0.25) is 0 Å². The highest BCUT2D eigenvalue weighted by molar-refractivity contribution is 6.35. The van der Waals surface area contributed by atoms with Crippen molar-refractivity contribution in [1.29, 1.82) is 0 Å². The van der Waals surface area contributed by atoms with E-state index >= 15 is 0 Å². The van der Waals surface area contributed by atoms with Crippen molar-refractivity contribution < 1.29 is 14.3 Å². The summed E-state index contributed by atoms with van der Waals surface area (Å²) in [7, 11) is 0. The van der Waals surface area contributed by atoms with Crippen molar-refractivity contribution in [3.63, 3.8) is 0 Å². The summed E-state index contributed by atoms with van der Waals surface area (Å²) >= 11 is 12.7. The third kappa shape index (κ3) is 5.14. The molecule has 0 spiro atoms. The van der Waals surface area contributed by atoms with E-state index in [1.807, 2.05) is 48.0 Å². The summed E-state index contributed by atoms with van der Waals surface area (Å²) < 4.78 is 14.2. The van der Waals surface area contributed by atoms with E-state index in [0.29, 0.717) is 27.1 Å². The van der Waals surface area contributed by atoms with Gasteiger partial charge in [0.15, 0.2) is 12.5 Å². The number of nitrogens with zero attached hydrogens (tertiary/aromatic N) is 4. The van der Waals surface area contributed by atoms with Crippen LogP contribution in [0.5, 0.6) is 5.75 Å². The number of aldehydes is 1. The molecule has 1 unspecified atom stereocenters. The SMILES string of the molecule is C[C@@H](Oc1ccc2c(c1)c(/C=C/c1ccc(C=O)nc1)nn2C1CCCCO1)c1c(Cl)cncc1Cl. The van der Waals surface area contributed by atoms with Crippen LogP contribution >= 0.6 is 23.2 Å². The zero-order chi connectivity index (χ0) is 25.1. The van der Waals surface area contributed by atoms with Crippen LogP contribution in [0.15, 0.2) is 48.9 Å². The van der Waals surface area contributed by atoms with Crippen molar-refractivity contribution in [2.75, 3.05) is 6.61 Å². The van der Waals surface area contributed by atoms with E-state index in [4.69, 9.17) is 37.8 Å². The number of ether oxygens (including phenoxy) is 2. The zero-order valence-electron chi connectivity index (χ0n) is 19.6. The molecular weight excluding hydrogens is 499 g/mol. The summed E-state index contributed by atoms with van der Waals surface area (Å²) in [6.45, 7) is 2.62. The Morgan fingerprint density at radius 2 is 1.94 bits per heavy atom. The van der Waals surface area contributed by atoms with Gasteiger partial charge in [0, 0.05) is 36.1 Å². The van der Waals surface area contributed by atoms with Crippen LogP contribution < -0.4 is 4.74 Å². The lowest BCUT2D eigenvalue weighted by molar-refractivity contribution is -0.0367. The maximum Gasteiger partial charge on any atom is 0.168 e. The van der Waals surface area contributed by atoms with E-state index in [-0.39, 0.29) is 12.3 Å². The van der Waals surface area contributed by atoms with Crippen molar-refractivity contribution >= 4 is 52.5 Å². The van der Waals surface area contributed by atoms with Gasteiger partial charge < -0.3 is 9.47 Å². The molecule has 0 bridgehead atoms. The van der Waals surface area contributed by atoms with Crippen LogP contribution in [0.4, 0.5) is 0 Å². The molecule has 3 aromatic heterocycles. The van der Waals surface area contributed by atoms with Gasteiger partial charge in [-0.1, -0.05) is 35.3 Å². The smallest absolute Gasteiger partial charge is 0.168 e. The number of carbonyl (C=O) groups is 1. The summed E-state index contributed by atoms with van der Waals surface area (Å²) in [4.78, 5) is 19.0. The predicted octanol–water partition coefficient (Wildman–Crippen LogP) is 6.96. The van der Waals surface area contributed by atoms with Crippen LogP contribution in [0.25, 0.3) is 23.1 Å². The van der Waals surface area contributed by atoms with Crippen LogP contribution in [-0.2, 0) is 4.74 Å². The molecule has 9 heteroatoms. The molecule has 1 aliphatic heterocycles. The van der Waals surface area contributed by atoms with Gasteiger partial charge in [-0.3, -0.25) is 14.8 Å². The Kier molecular flexibility index (Phi) is 7.32. The predicted molar refractivity (Wildman–Crippen MR) is 140 cm³/mol. The maximum absolute atomic E-state index is 10.9. The lowest BCUT2D eigenvalue weighted by Crippen LogP contribution is -2.19. The summed E-state index contributed by atoms with van der Waals surface area (Å²) in [6.07, 6.45) is 11.9. The van der Waals surface area contributed by atoms with Gasteiger partial charge in [-0.25, -0.2) is 4.68 Å². The quantitative estimate of drug-likeness (QED) is 0.244. The molecule has 184 valence electrons. The fraction of sp³-hybridized carbons (Fsp3) is 0.259. The van der Waals surface area contributed by atoms with E-state index < -0.39 is 0 Å². The van der Waals surface area contributed by atoms with E-state index in [0.717, 1.165) is 54.3 Å². The summed E-state index contributed by atoms with van der Waals surface area (Å²) in [5.74, 6) is 0.662. The topological polar surface area (TPSA) is 79.1 Å². The average molecular weight is 523 g/mol. The van der Waals surface area contributed by atoms with Gasteiger partial charge in [-0.15, -0.1) is 0 Å². The third-order valence-corrected chi connectivity index (χ3v) is 6.71. The molecule has 0 aliphatic carbocycles. The molecule has 1 aliphatic rings. The Bertz CT molecular complexity index is 1390. The van der Waals surface area contributed by atoms with Gasteiger partial charge in [0.05, 0.1) is 21.3 Å². The minimum Gasteiger partial charge on any atom is -0.486 e. The molecule has 0 saturated carbocycles. The van der Waals surface area contributed by atoms with Crippen molar-refractivity contribution in [3.05, 3.63) is 81.5 Å². The largest absolute Gasteiger partial charge is 0.486 e. The van der Waals surface area contributed by atoms with E-state index in [1.165, 1.54) is 0 Å². The van der Waals surface area contributed by atoms with Crippen LogP contribution in [0.3, 0.4) is 0 Å². The highest BCUT2D eigenvalue weighted by Gasteiger charge is 2.22. The molecule has 7 nitrogen and oxygen atoms in total. The van der Waals surface area contributed by atoms with E-state index in [1.54, 1.807) is 24.7 Å². The first-order chi connectivity index (χ1) is 17.5. The first-order valence-electron chi connectivity index (χ1n) is 11.7. The molecular formula is C27H24Cl2N4O3. The highest BCUT2D eigenvalue weighted by atomic mass is 35.5. The number of pyridine rings is 2. The van der Waals surface area contributed by atoms with E-state index in [9.17, 15) is 4.79 Å². The van der Waals surface area contributed by atoms with Crippen molar-refractivity contribution in [1.82, 2.24) is 19.7 Å². The summed E-state index contributed by atoms with van der Waals surface area (Å²) in [5.41, 5.74) is 3.67. The third-order valence-electron chi connectivity index (χ3n) is 6.11. The van der Waals surface area contributed by atoms with Crippen molar-refractivity contribution in [2.24, 2.45) is 0 Å². The van der Waals surface area contributed by atoms with Crippen LogP contribution in [0.1, 0.15) is 65.8 Å². The number of carbonyl (C=O) groups excluding carboxylic acids is 1. The summed E-state index contributed by atoms with van der Waals surface area (Å²) in [5, 5.41) is 6.73. The molecule has 1 aromatic carbocycles. The molecule has 36 heavy (non-hydrogen) atoms. The van der Waals surface area contributed by atoms with Crippen LogP contribution in [-0.4, -0.2) is 32.6 Å². The minimum atomic E-state index is -0.386. The number of hydrogen-bond donors (Lipinski definition) is 0. The van der Waals surface area contributed by atoms with Crippen molar-refractivity contribution in [3.8, 4) is 5.75 Å². The highest BCUT2D eigenvalue weighted by Crippen LogP contribution is 2.35. The molecule has 5 rings (SSSR count). The van der Waals surface area contributed by atoms with Crippen LogP contribution in [0.2, 0.25) is 10.0 Å². The molecule has 0 radical (unpaired) electrons. The lowest BCUT2D eigenvalue weighted by Gasteiger charge is -2.23. The molecule has 4 aromatic rings. The normalized spacial score (nSPS) is 16.9. The average Bonchev–Trinajstić information content (AvgIpc) is 3.26.